The van der Waals surface area contributed by atoms with E-state index in [-0.39, 0.29) is 23.2 Å². The van der Waals surface area contributed by atoms with Crippen LogP contribution in [0.15, 0.2) is 40.0 Å². The van der Waals surface area contributed by atoms with Crippen LogP contribution >= 0.6 is 0 Å². The van der Waals surface area contributed by atoms with Crippen LogP contribution in [0.1, 0.15) is 26.5 Å². The molecule has 1 atom stereocenters. The van der Waals surface area contributed by atoms with E-state index in [9.17, 15) is 22.0 Å². The SMILES string of the molecule is CC(C)(C)C(CS(=O)(=O)Cc1cc(=O)[nH]o1)Nc1nc(-c2c[nH]c3ncc(F)cc23)ncc1F. The fraction of sp³-hybridized carbons (Fsp3) is 0.333. The van der Waals surface area contributed by atoms with Gasteiger partial charge in [-0.15, -0.1) is 0 Å². The van der Waals surface area contributed by atoms with Gasteiger partial charge < -0.3 is 14.8 Å². The Balaban J connectivity index is 1.64. The minimum absolute atomic E-state index is 0.0201. The Labute approximate surface area is 192 Å². The van der Waals surface area contributed by atoms with E-state index in [1.54, 1.807) is 20.8 Å². The number of nitrogens with one attached hydrogen (secondary N) is 3. The molecule has 4 heterocycles. The van der Waals surface area contributed by atoms with E-state index in [0.29, 0.717) is 16.6 Å². The molecule has 4 aromatic rings. The van der Waals surface area contributed by atoms with Gasteiger partial charge in [-0.3, -0.25) is 4.79 Å². The smallest absolute Gasteiger partial charge is 0.280 e. The number of aromatic nitrogens is 5. The quantitative estimate of drug-likeness (QED) is 0.357. The normalized spacial score (nSPS) is 13.3. The maximum Gasteiger partial charge on any atom is 0.280 e. The van der Waals surface area contributed by atoms with Crippen LogP contribution in [-0.2, 0) is 15.6 Å². The van der Waals surface area contributed by atoms with Crippen molar-refractivity contribution in [1.29, 1.82) is 0 Å². The summed E-state index contributed by atoms with van der Waals surface area (Å²) < 4.78 is 58.8. The standard InChI is InChI=1S/C21H22F2N6O4S/c1-21(2,3)16(10-34(31,32)9-12-5-17(30)29-33-12)27-20-15(23)8-26-19(28-20)14-7-25-18-13(14)4-11(22)6-24-18/h4-8,16H,9-10H2,1-3H3,(H,24,25)(H,29,30)(H,26,27,28). The third kappa shape index (κ3) is 5.14. The summed E-state index contributed by atoms with van der Waals surface area (Å²) in [5, 5.41) is 5.36. The molecule has 1 unspecified atom stereocenters. The molecule has 34 heavy (non-hydrogen) atoms. The summed E-state index contributed by atoms with van der Waals surface area (Å²) >= 11 is 0. The van der Waals surface area contributed by atoms with E-state index < -0.39 is 44.2 Å². The zero-order valence-corrected chi connectivity index (χ0v) is 19.3. The number of halogens is 2. The Morgan fingerprint density at radius 2 is 1.94 bits per heavy atom. The highest BCUT2D eigenvalue weighted by molar-refractivity contribution is 7.90. The summed E-state index contributed by atoms with van der Waals surface area (Å²) in [6, 6.07) is 1.56. The average Bonchev–Trinajstić information content (AvgIpc) is 3.33. The van der Waals surface area contributed by atoms with Crippen LogP contribution in [0.4, 0.5) is 14.6 Å². The lowest BCUT2D eigenvalue weighted by atomic mass is 9.88. The van der Waals surface area contributed by atoms with Crippen LogP contribution in [0.5, 0.6) is 0 Å². The third-order valence-electron chi connectivity index (χ3n) is 5.20. The van der Waals surface area contributed by atoms with Gasteiger partial charge in [0.05, 0.1) is 18.1 Å². The predicted octanol–water partition coefficient (Wildman–Crippen LogP) is 3.02. The number of hydrogen-bond donors (Lipinski definition) is 3. The van der Waals surface area contributed by atoms with Gasteiger partial charge in [0.1, 0.15) is 17.2 Å². The van der Waals surface area contributed by atoms with E-state index in [2.05, 4.69) is 30.4 Å². The van der Waals surface area contributed by atoms with Crippen molar-refractivity contribution in [2.75, 3.05) is 11.1 Å². The number of nitrogens with zero attached hydrogens (tertiary/aromatic N) is 3. The van der Waals surface area contributed by atoms with E-state index >= 15 is 0 Å². The summed E-state index contributed by atoms with van der Waals surface area (Å²) in [4.78, 5) is 26.3. The van der Waals surface area contributed by atoms with Crippen LogP contribution in [-0.4, -0.2) is 45.3 Å². The Bertz CT molecular complexity index is 1500. The first-order chi connectivity index (χ1) is 15.9. The fourth-order valence-corrected chi connectivity index (χ4v) is 5.14. The predicted molar refractivity (Wildman–Crippen MR) is 121 cm³/mol. The molecule has 0 aliphatic heterocycles. The monoisotopic (exact) mass is 492 g/mol. The number of hydrogen-bond acceptors (Lipinski definition) is 8. The Morgan fingerprint density at radius 1 is 1.18 bits per heavy atom. The number of fused-ring (bicyclic) bond motifs is 1. The summed E-state index contributed by atoms with van der Waals surface area (Å²) in [5.41, 5.74) is -0.350. The van der Waals surface area contributed by atoms with Gasteiger partial charge in [0.15, 0.2) is 33.1 Å². The number of anilines is 1. The molecular formula is C21H22F2N6O4S. The van der Waals surface area contributed by atoms with Gasteiger partial charge in [-0.1, -0.05) is 20.8 Å². The van der Waals surface area contributed by atoms with Crippen LogP contribution in [0.2, 0.25) is 0 Å². The first-order valence-electron chi connectivity index (χ1n) is 10.2. The maximum absolute atomic E-state index is 14.6. The molecule has 13 heteroatoms. The zero-order chi connectivity index (χ0) is 24.7. The van der Waals surface area contributed by atoms with Crippen LogP contribution in [0.3, 0.4) is 0 Å². The van der Waals surface area contributed by atoms with E-state index in [1.807, 2.05) is 0 Å². The Morgan fingerprint density at radius 3 is 2.62 bits per heavy atom. The van der Waals surface area contributed by atoms with Gasteiger partial charge in [0.2, 0.25) is 0 Å². The first-order valence-corrected chi connectivity index (χ1v) is 12.0. The number of pyridine rings is 1. The van der Waals surface area contributed by atoms with Gasteiger partial charge >= 0.3 is 0 Å². The molecule has 0 radical (unpaired) electrons. The van der Waals surface area contributed by atoms with Crippen molar-refractivity contribution in [1.82, 2.24) is 25.1 Å². The Kier molecular flexibility index (Phi) is 5.98. The molecule has 0 fully saturated rings. The second kappa shape index (κ2) is 8.63. The molecule has 0 aromatic carbocycles. The lowest BCUT2D eigenvalue weighted by molar-refractivity contribution is 0.356. The van der Waals surface area contributed by atoms with Crippen molar-refractivity contribution >= 4 is 26.7 Å². The van der Waals surface area contributed by atoms with E-state index in [1.165, 1.54) is 12.3 Å². The molecule has 4 rings (SSSR count). The van der Waals surface area contributed by atoms with Crippen molar-refractivity contribution in [3.63, 3.8) is 0 Å². The van der Waals surface area contributed by atoms with Gasteiger partial charge in [-0.2, -0.15) is 5.16 Å². The van der Waals surface area contributed by atoms with Gasteiger partial charge in [0.25, 0.3) is 5.56 Å². The topological polar surface area (TPSA) is 147 Å². The van der Waals surface area contributed by atoms with E-state index in [4.69, 9.17) is 4.52 Å². The first kappa shape index (κ1) is 23.5. The minimum atomic E-state index is -3.76. The number of rotatable bonds is 7. The number of sulfone groups is 1. The number of aromatic amines is 2. The summed E-state index contributed by atoms with van der Waals surface area (Å²) in [7, 11) is -3.76. The molecule has 0 aliphatic carbocycles. The van der Waals surface area contributed by atoms with Crippen molar-refractivity contribution < 1.29 is 21.7 Å². The highest BCUT2D eigenvalue weighted by atomic mass is 32.2. The van der Waals surface area contributed by atoms with Gasteiger partial charge in [-0.05, 0) is 11.5 Å². The largest absolute Gasteiger partial charge is 0.382 e. The maximum atomic E-state index is 14.6. The number of H-pyrrole nitrogens is 2. The van der Waals surface area contributed by atoms with Crippen molar-refractivity contribution in [3.8, 4) is 11.4 Å². The zero-order valence-electron chi connectivity index (χ0n) is 18.5. The lowest BCUT2D eigenvalue weighted by Gasteiger charge is -2.31. The average molecular weight is 493 g/mol. The minimum Gasteiger partial charge on any atom is -0.382 e. The van der Waals surface area contributed by atoms with Crippen LogP contribution < -0.4 is 10.9 Å². The molecule has 3 N–H and O–H groups in total. The molecule has 0 bridgehead atoms. The molecular weight excluding hydrogens is 470 g/mol. The summed E-state index contributed by atoms with van der Waals surface area (Å²) in [5.74, 6) is -2.33. The van der Waals surface area contributed by atoms with Crippen molar-refractivity contribution in [3.05, 3.63) is 58.5 Å². The van der Waals surface area contributed by atoms with Crippen molar-refractivity contribution in [2.45, 2.75) is 32.6 Å². The molecule has 0 amide bonds. The molecule has 0 spiro atoms. The molecule has 4 aromatic heterocycles. The van der Waals surface area contributed by atoms with Gasteiger partial charge in [-0.25, -0.2) is 32.2 Å². The molecule has 0 saturated carbocycles. The summed E-state index contributed by atoms with van der Waals surface area (Å²) in [6.45, 7) is 5.39. The van der Waals surface area contributed by atoms with Gasteiger partial charge in [0, 0.05) is 29.3 Å². The van der Waals surface area contributed by atoms with Crippen LogP contribution in [0.25, 0.3) is 22.4 Å². The molecule has 0 aliphatic rings. The second-order valence-electron chi connectivity index (χ2n) is 8.94. The lowest BCUT2D eigenvalue weighted by Crippen LogP contribution is -2.40. The third-order valence-corrected chi connectivity index (χ3v) is 6.76. The van der Waals surface area contributed by atoms with Crippen molar-refractivity contribution in [2.24, 2.45) is 5.41 Å². The molecule has 0 saturated heterocycles. The summed E-state index contributed by atoms with van der Waals surface area (Å²) in [6.07, 6.45) is 3.55. The van der Waals surface area contributed by atoms with Crippen LogP contribution in [0, 0.1) is 17.0 Å². The second-order valence-corrected chi connectivity index (χ2v) is 11.0. The highest BCUT2D eigenvalue weighted by Gasteiger charge is 2.32. The fourth-order valence-electron chi connectivity index (χ4n) is 3.36. The highest BCUT2D eigenvalue weighted by Crippen LogP contribution is 2.29. The Hall–Kier alpha value is -3.61. The van der Waals surface area contributed by atoms with E-state index in [0.717, 1.165) is 18.5 Å². The molecule has 180 valence electrons. The molecule has 10 nitrogen and oxygen atoms in total.